The highest BCUT2D eigenvalue weighted by Crippen LogP contribution is 2.16. The smallest absolute Gasteiger partial charge is 0.312 e. The molecule has 0 saturated carbocycles. The van der Waals surface area contributed by atoms with Gasteiger partial charge in [0.2, 0.25) is 5.91 Å². The molecule has 5 heteroatoms. The molecule has 0 radical (unpaired) electrons. The van der Waals surface area contributed by atoms with E-state index in [0.29, 0.717) is 6.54 Å². The molecule has 4 nitrogen and oxygen atoms in total. The Hall–Kier alpha value is -1.36. The number of rotatable bonds is 5. The number of aryl methyl sites for hydroxylation is 1. The van der Waals surface area contributed by atoms with Gasteiger partial charge in [-0.25, -0.2) is 0 Å². The maximum atomic E-state index is 11.1. The molecule has 0 aliphatic rings. The highest BCUT2D eigenvalue weighted by Gasteiger charge is 2.08. The molecule has 0 bridgehead atoms. The number of aliphatic carboxylic acids is 1. The first-order chi connectivity index (χ1) is 7.13. The molecule has 0 unspecified atom stereocenters. The number of carboxylic acid groups (broad SMARTS) is 1. The standard InChI is InChI=1S/C10H13NO3S/c1-2-7-3-4-15-8(7)6-11-9(12)5-10(13)14/h3-4H,2,5-6H2,1H3,(H,11,12)(H,13,14). The summed E-state index contributed by atoms with van der Waals surface area (Å²) in [4.78, 5) is 22.4. The maximum Gasteiger partial charge on any atom is 0.312 e. The van der Waals surface area contributed by atoms with Crippen LogP contribution < -0.4 is 5.32 Å². The van der Waals surface area contributed by atoms with Gasteiger partial charge in [-0.15, -0.1) is 11.3 Å². The molecule has 15 heavy (non-hydrogen) atoms. The molecule has 0 aliphatic carbocycles. The van der Waals surface area contributed by atoms with Gasteiger partial charge in [-0.1, -0.05) is 6.92 Å². The van der Waals surface area contributed by atoms with Gasteiger partial charge in [-0.05, 0) is 23.4 Å². The number of nitrogens with one attached hydrogen (secondary N) is 1. The predicted molar refractivity (Wildman–Crippen MR) is 57.8 cm³/mol. The monoisotopic (exact) mass is 227 g/mol. The van der Waals surface area contributed by atoms with Crippen molar-refractivity contribution in [1.82, 2.24) is 5.32 Å². The van der Waals surface area contributed by atoms with Crippen LogP contribution in [0.15, 0.2) is 11.4 Å². The molecular weight excluding hydrogens is 214 g/mol. The molecule has 0 aromatic carbocycles. The van der Waals surface area contributed by atoms with Crippen LogP contribution in [0.4, 0.5) is 0 Å². The minimum absolute atomic E-state index is 0.424. The van der Waals surface area contributed by atoms with Crippen molar-refractivity contribution in [2.75, 3.05) is 0 Å². The van der Waals surface area contributed by atoms with Crippen molar-refractivity contribution in [3.05, 3.63) is 21.9 Å². The summed E-state index contributed by atoms with van der Waals surface area (Å²) < 4.78 is 0. The van der Waals surface area contributed by atoms with Crippen LogP contribution in [0.2, 0.25) is 0 Å². The SMILES string of the molecule is CCc1ccsc1CNC(=O)CC(=O)O. The normalized spacial score (nSPS) is 9.93. The molecule has 0 fully saturated rings. The van der Waals surface area contributed by atoms with E-state index >= 15 is 0 Å². The van der Waals surface area contributed by atoms with Crippen LogP contribution in [0.3, 0.4) is 0 Å². The Labute approximate surface area is 91.9 Å². The summed E-state index contributed by atoms with van der Waals surface area (Å²) in [5, 5.41) is 12.9. The van der Waals surface area contributed by atoms with E-state index in [4.69, 9.17) is 5.11 Å². The largest absolute Gasteiger partial charge is 0.481 e. The van der Waals surface area contributed by atoms with Crippen LogP contribution in [0.25, 0.3) is 0 Å². The van der Waals surface area contributed by atoms with E-state index in [1.54, 1.807) is 11.3 Å². The summed E-state index contributed by atoms with van der Waals surface area (Å²) in [6.07, 6.45) is 0.459. The second kappa shape index (κ2) is 5.50. The number of carbonyl (C=O) groups excluding carboxylic acids is 1. The van der Waals surface area contributed by atoms with Crippen LogP contribution in [0, 0.1) is 0 Å². The molecule has 1 heterocycles. The van der Waals surface area contributed by atoms with Crippen molar-refractivity contribution in [3.63, 3.8) is 0 Å². The third-order valence-electron chi connectivity index (χ3n) is 1.98. The van der Waals surface area contributed by atoms with Crippen molar-refractivity contribution in [2.24, 2.45) is 0 Å². The lowest BCUT2D eigenvalue weighted by Gasteiger charge is -2.03. The Morgan fingerprint density at radius 3 is 2.87 bits per heavy atom. The average Bonchev–Trinajstić information content (AvgIpc) is 2.60. The molecule has 0 atom stereocenters. The summed E-state index contributed by atoms with van der Waals surface area (Å²) in [5.74, 6) is -1.55. The van der Waals surface area contributed by atoms with E-state index in [0.717, 1.165) is 11.3 Å². The first-order valence-electron chi connectivity index (χ1n) is 4.67. The third kappa shape index (κ3) is 3.71. The fourth-order valence-electron chi connectivity index (χ4n) is 1.22. The van der Waals surface area contributed by atoms with Gasteiger partial charge in [0.25, 0.3) is 0 Å². The molecular formula is C10H13NO3S. The lowest BCUT2D eigenvalue weighted by molar-refractivity contribution is -0.140. The van der Waals surface area contributed by atoms with E-state index in [-0.39, 0.29) is 0 Å². The van der Waals surface area contributed by atoms with Crippen LogP contribution in [0.1, 0.15) is 23.8 Å². The Bertz CT molecular complexity index is 359. The Balaban J connectivity index is 2.43. The quantitative estimate of drug-likeness (QED) is 0.747. The van der Waals surface area contributed by atoms with Gasteiger partial charge in [0.1, 0.15) is 6.42 Å². The number of hydrogen-bond acceptors (Lipinski definition) is 3. The zero-order chi connectivity index (χ0) is 11.3. The van der Waals surface area contributed by atoms with Gasteiger partial charge in [-0.2, -0.15) is 0 Å². The second-order valence-electron chi connectivity index (χ2n) is 3.07. The average molecular weight is 227 g/mol. The number of carbonyl (C=O) groups is 2. The Morgan fingerprint density at radius 1 is 1.53 bits per heavy atom. The van der Waals surface area contributed by atoms with Gasteiger partial charge >= 0.3 is 5.97 Å². The zero-order valence-corrected chi connectivity index (χ0v) is 9.26. The van der Waals surface area contributed by atoms with E-state index < -0.39 is 18.3 Å². The fraction of sp³-hybridized carbons (Fsp3) is 0.400. The summed E-state index contributed by atoms with van der Waals surface area (Å²) in [6.45, 7) is 2.47. The van der Waals surface area contributed by atoms with E-state index in [2.05, 4.69) is 5.32 Å². The summed E-state index contributed by atoms with van der Waals surface area (Å²) in [5.41, 5.74) is 1.20. The molecule has 0 spiro atoms. The highest BCUT2D eigenvalue weighted by molar-refractivity contribution is 7.10. The van der Waals surface area contributed by atoms with Gasteiger partial charge in [0, 0.05) is 4.88 Å². The van der Waals surface area contributed by atoms with Gasteiger partial charge < -0.3 is 10.4 Å². The number of amides is 1. The molecule has 1 aromatic rings. The molecule has 2 N–H and O–H groups in total. The van der Waals surface area contributed by atoms with Crippen molar-refractivity contribution in [1.29, 1.82) is 0 Å². The van der Waals surface area contributed by atoms with Crippen molar-refractivity contribution >= 4 is 23.2 Å². The molecule has 1 aromatic heterocycles. The number of thiophene rings is 1. The number of hydrogen-bond donors (Lipinski definition) is 2. The third-order valence-corrected chi connectivity index (χ3v) is 2.94. The lowest BCUT2D eigenvalue weighted by Crippen LogP contribution is -2.25. The summed E-state index contributed by atoms with van der Waals surface area (Å²) >= 11 is 1.57. The maximum absolute atomic E-state index is 11.1. The van der Waals surface area contributed by atoms with Crippen molar-refractivity contribution in [3.8, 4) is 0 Å². The molecule has 0 aliphatic heterocycles. The summed E-state index contributed by atoms with van der Waals surface area (Å²) in [6, 6.07) is 2.02. The molecule has 1 rings (SSSR count). The van der Waals surface area contributed by atoms with Gasteiger partial charge in [-0.3, -0.25) is 9.59 Å². The van der Waals surface area contributed by atoms with E-state index in [1.807, 2.05) is 18.4 Å². The van der Waals surface area contributed by atoms with E-state index in [1.165, 1.54) is 5.56 Å². The highest BCUT2D eigenvalue weighted by atomic mass is 32.1. The van der Waals surface area contributed by atoms with Crippen LogP contribution in [-0.2, 0) is 22.6 Å². The van der Waals surface area contributed by atoms with Crippen LogP contribution in [0.5, 0.6) is 0 Å². The molecule has 0 saturated heterocycles. The minimum Gasteiger partial charge on any atom is -0.481 e. The zero-order valence-electron chi connectivity index (χ0n) is 8.45. The van der Waals surface area contributed by atoms with Crippen LogP contribution in [-0.4, -0.2) is 17.0 Å². The minimum atomic E-state index is -1.10. The first kappa shape index (κ1) is 11.7. The van der Waals surface area contributed by atoms with Crippen molar-refractivity contribution < 1.29 is 14.7 Å². The van der Waals surface area contributed by atoms with Gasteiger partial charge in [0.15, 0.2) is 0 Å². The van der Waals surface area contributed by atoms with E-state index in [9.17, 15) is 9.59 Å². The number of carboxylic acids is 1. The Kier molecular flexibility index (Phi) is 4.30. The van der Waals surface area contributed by atoms with Crippen LogP contribution >= 0.6 is 11.3 Å². The predicted octanol–water partition coefficient (Wildman–Crippen LogP) is 1.40. The van der Waals surface area contributed by atoms with Gasteiger partial charge in [0.05, 0.1) is 6.54 Å². The molecule has 82 valence electrons. The lowest BCUT2D eigenvalue weighted by atomic mass is 10.2. The first-order valence-corrected chi connectivity index (χ1v) is 5.55. The second-order valence-corrected chi connectivity index (χ2v) is 4.07. The summed E-state index contributed by atoms with van der Waals surface area (Å²) in [7, 11) is 0. The molecule has 1 amide bonds. The van der Waals surface area contributed by atoms with Crippen molar-refractivity contribution in [2.45, 2.75) is 26.3 Å². The fourth-order valence-corrected chi connectivity index (χ4v) is 2.13. The Morgan fingerprint density at radius 2 is 2.27 bits per heavy atom. The topological polar surface area (TPSA) is 66.4 Å².